The highest BCUT2D eigenvalue weighted by atomic mass is 35.5. The van der Waals surface area contributed by atoms with E-state index in [-0.39, 0.29) is 0 Å². The second-order valence-electron chi connectivity index (χ2n) is 8.01. The predicted molar refractivity (Wildman–Crippen MR) is 112 cm³/mol. The molecule has 0 bridgehead atoms. The molecule has 4 heterocycles. The Kier molecular flexibility index (Phi) is 4.49. The van der Waals surface area contributed by atoms with E-state index < -0.39 is 0 Å². The molecule has 0 amide bonds. The van der Waals surface area contributed by atoms with Crippen LogP contribution in [0.25, 0.3) is 16.8 Å². The van der Waals surface area contributed by atoms with Crippen LogP contribution in [0.3, 0.4) is 0 Å². The largest absolute Gasteiger partial charge is 0.378 e. The fraction of sp³-hybridized carbons (Fsp3) is 0.429. The smallest absolute Gasteiger partial charge is 0.211 e. The Bertz CT molecular complexity index is 1030. The van der Waals surface area contributed by atoms with Crippen molar-refractivity contribution in [3.63, 3.8) is 0 Å². The van der Waals surface area contributed by atoms with E-state index in [1.54, 1.807) is 12.3 Å². The van der Waals surface area contributed by atoms with Gasteiger partial charge in [-0.3, -0.25) is 4.40 Å². The zero-order valence-corrected chi connectivity index (χ0v) is 17.2. The van der Waals surface area contributed by atoms with Crippen molar-refractivity contribution in [1.82, 2.24) is 14.4 Å². The Balaban J connectivity index is 1.48. The van der Waals surface area contributed by atoms with Crippen molar-refractivity contribution in [1.29, 1.82) is 0 Å². The van der Waals surface area contributed by atoms with Gasteiger partial charge in [0.1, 0.15) is 5.65 Å². The van der Waals surface area contributed by atoms with Gasteiger partial charge in [-0.05, 0) is 37.7 Å². The van der Waals surface area contributed by atoms with Crippen molar-refractivity contribution < 1.29 is 4.74 Å². The minimum atomic E-state index is 0.345. The number of hydrogen-bond donors (Lipinski definition) is 0. The van der Waals surface area contributed by atoms with Crippen LogP contribution < -0.4 is 4.90 Å². The summed E-state index contributed by atoms with van der Waals surface area (Å²) in [5.41, 5.74) is 2.91. The Morgan fingerprint density at radius 1 is 1.14 bits per heavy atom. The van der Waals surface area contributed by atoms with Gasteiger partial charge in [-0.1, -0.05) is 35.3 Å². The summed E-state index contributed by atoms with van der Waals surface area (Å²) in [6.07, 6.45) is 9.45. The normalized spacial score (nSPS) is 21.7. The van der Waals surface area contributed by atoms with Crippen molar-refractivity contribution in [3.8, 4) is 11.1 Å². The lowest BCUT2D eigenvalue weighted by Crippen LogP contribution is -2.41. The van der Waals surface area contributed by atoms with Gasteiger partial charge < -0.3 is 9.64 Å². The Morgan fingerprint density at radius 2 is 1.96 bits per heavy atom. The van der Waals surface area contributed by atoms with Gasteiger partial charge in [0.15, 0.2) is 0 Å². The molecular formula is C21H22Cl2N4O. The van der Waals surface area contributed by atoms with Crippen LogP contribution in [-0.4, -0.2) is 40.2 Å². The maximum absolute atomic E-state index is 6.45. The van der Waals surface area contributed by atoms with Crippen LogP contribution in [0.15, 0.2) is 36.8 Å². The van der Waals surface area contributed by atoms with Gasteiger partial charge in [0, 0.05) is 42.8 Å². The Labute approximate surface area is 174 Å². The van der Waals surface area contributed by atoms with Crippen molar-refractivity contribution >= 4 is 34.8 Å². The molecule has 2 aliphatic heterocycles. The van der Waals surface area contributed by atoms with Crippen molar-refractivity contribution in [2.45, 2.75) is 32.3 Å². The molecule has 3 aromatic rings. The van der Waals surface area contributed by atoms with Gasteiger partial charge in [-0.15, -0.1) is 0 Å². The van der Waals surface area contributed by atoms with Crippen LogP contribution in [0.1, 0.15) is 26.2 Å². The predicted octanol–water partition coefficient (Wildman–Crippen LogP) is 5.10. The molecule has 0 radical (unpaired) electrons. The number of halogens is 2. The molecule has 2 aromatic heterocycles. The average molecular weight is 417 g/mol. The lowest BCUT2D eigenvalue weighted by atomic mass is 9.77. The summed E-state index contributed by atoms with van der Waals surface area (Å²) in [7, 11) is 0. The monoisotopic (exact) mass is 416 g/mol. The third kappa shape index (κ3) is 2.97. The fourth-order valence-electron chi connectivity index (χ4n) is 4.62. The zero-order valence-electron chi connectivity index (χ0n) is 15.7. The number of imidazole rings is 1. The van der Waals surface area contributed by atoms with Gasteiger partial charge in [-0.25, -0.2) is 9.97 Å². The fourth-order valence-corrected chi connectivity index (χ4v) is 5.02. The van der Waals surface area contributed by atoms with E-state index >= 15 is 0 Å². The molecule has 7 heteroatoms. The van der Waals surface area contributed by atoms with Crippen LogP contribution in [0.4, 0.5) is 5.95 Å². The van der Waals surface area contributed by atoms with E-state index in [1.807, 2.05) is 24.5 Å². The number of piperidine rings is 1. The number of benzene rings is 1. The van der Waals surface area contributed by atoms with Crippen LogP contribution in [0.5, 0.6) is 0 Å². The lowest BCUT2D eigenvalue weighted by molar-refractivity contribution is 0.0975. The molecular weight excluding hydrogens is 395 g/mol. The van der Waals surface area contributed by atoms with E-state index in [0.29, 0.717) is 21.6 Å². The summed E-state index contributed by atoms with van der Waals surface area (Å²) < 4.78 is 7.91. The van der Waals surface area contributed by atoms with E-state index in [0.717, 1.165) is 55.3 Å². The highest BCUT2D eigenvalue weighted by Crippen LogP contribution is 2.43. The molecule has 5 nitrogen and oxygen atoms in total. The zero-order chi connectivity index (χ0) is 19.3. The maximum Gasteiger partial charge on any atom is 0.211 e. The molecule has 28 heavy (non-hydrogen) atoms. The second-order valence-corrected chi connectivity index (χ2v) is 8.79. The summed E-state index contributed by atoms with van der Waals surface area (Å²) in [5, 5.41) is 1.06. The third-order valence-corrected chi connectivity index (χ3v) is 6.97. The first-order valence-electron chi connectivity index (χ1n) is 9.69. The summed E-state index contributed by atoms with van der Waals surface area (Å²) in [6.45, 7) is 5.03. The second kappa shape index (κ2) is 6.90. The molecule has 1 aromatic carbocycles. The first-order valence-corrected chi connectivity index (χ1v) is 10.4. The Hall–Kier alpha value is -1.82. The summed E-state index contributed by atoms with van der Waals surface area (Å²) in [6, 6.07) is 5.63. The molecule has 0 N–H and O–H groups in total. The molecule has 0 unspecified atom stereocenters. The van der Waals surface area contributed by atoms with Gasteiger partial charge in [0.25, 0.3) is 0 Å². The highest BCUT2D eigenvalue weighted by Gasteiger charge is 2.41. The Morgan fingerprint density at radius 3 is 2.71 bits per heavy atom. The maximum atomic E-state index is 6.45. The molecule has 2 saturated heterocycles. The molecule has 2 aliphatic rings. The third-order valence-electron chi connectivity index (χ3n) is 6.15. The number of anilines is 1. The van der Waals surface area contributed by atoms with Gasteiger partial charge in [-0.2, -0.15) is 0 Å². The van der Waals surface area contributed by atoms with Crippen LogP contribution in [0.2, 0.25) is 10.0 Å². The first kappa shape index (κ1) is 18.2. The van der Waals surface area contributed by atoms with Gasteiger partial charge in [0.05, 0.1) is 22.8 Å². The SMILES string of the molecule is C[C@H]1CC2(CCN(c3ncc(-c4cccc(Cl)c4Cl)c4nccn34)CC2)CO1. The van der Waals surface area contributed by atoms with Gasteiger partial charge in [0.2, 0.25) is 5.95 Å². The van der Waals surface area contributed by atoms with E-state index in [2.05, 4.69) is 21.2 Å². The van der Waals surface area contributed by atoms with E-state index in [9.17, 15) is 0 Å². The molecule has 0 aliphatic carbocycles. The van der Waals surface area contributed by atoms with Crippen molar-refractivity contribution in [3.05, 3.63) is 46.8 Å². The summed E-state index contributed by atoms with van der Waals surface area (Å²) >= 11 is 12.7. The number of ether oxygens (including phenoxy) is 1. The average Bonchev–Trinajstić information content (AvgIpc) is 3.32. The van der Waals surface area contributed by atoms with Gasteiger partial charge >= 0.3 is 0 Å². The van der Waals surface area contributed by atoms with Crippen LogP contribution in [-0.2, 0) is 4.74 Å². The number of aromatic nitrogens is 3. The number of fused-ring (bicyclic) bond motifs is 1. The standard InChI is InChI=1S/C21H22Cl2N4O/c1-14-11-21(13-28-14)5-8-26(9-6-21)20-25-12-16(19-24-7-10-27(19)20)15-3-2-4-17(22)18(15)23/h2-4,7,10,12,14H,5-6,8-9,11,13H2,1H3/t14-/m0/s1. The lowest BCUT2D eigenvalue weighted by Gasteiger charge is -2.39. The van der Waals surface area contributed by atoms with Crippen LogP contribution >= 0.6 is 23.2 Å². The van der Waals surface area contributed by atoms with E-state index in [4.69, 9.17) is 32.9 Å². The molecule has 2 fully saturated rings. The number of nitrogens with zero attached hydrogens (tertiary/aromatic N) is 4. The number of hydrogen-bond acceptors (Lipinski definition) is 4. The van der Waals surface area contributed by atoms with E-state index in [1.165, 1.54) is 6.42 Å². The molecule has 146 valence electrons. The number of rotatable bonds is 2. The van der Waals surface area contributed by atoms with Crippen molar-refractivity contribution in [2.24, 2.45) is 5.41 Å². The molecule has 1 spiro atoms. The molecule has 5 rings (SSSR count). The minimum Gasteiger partial charge on any atom is -0.378 e. The topological polar surface area (TPSA) is 42.7 Å². The van der Waals surface area contributed by atoms with Crippen LogP contribution in [0, 0.1) is 5.41 Å². The summed E-state index contributed by atoms with van der Waals surface area (Å²) in [5.74, 6) is 0.927. The first-order chi connectivity index (χ1) is 13.6. The minimum absolute atomic E-state index is 0.345. The molecule has 0 saturated carbocycles. The highest BCUT2D eigenvalue weighted by molar-refractivity contribution is 6.43. The summed E-state index contributed by atoms with van der Waals surface area (Å²) in [4.78, 5) is 11.7. The molecule has 1 atom stereocenters. The quantitative estimate of drug-likeness (QED) is 0.582. The van der Waals surface area contributed by atoms with Crippen molar-refractivity contribution in [2.75, 3.05) is 24.6 Å².